The Hall–Kier alpha value is -2.54. The van der Waals surface area contributed by atoms with Crippen molar-refractivity contribution in [1.82, 2.24) is 0 Å². The Kier molecular flexibility index (Phi) is 4.44. The first-order valence-electron chi connectivity index (χ1n) is 6.25. The number of ether oxygens (including phenoxy) is 1. The summed E-state index contributed by atoms with van der Waals surface area (Å²) >= 11 is 0. The highest BCUT2D eigenvalue weighted by Crippen LogP contribution is 2.32. The average Bonchev–Trinajstić information content (AvgIpc) is 2.47. The molecule has 1 N–H and O–H groups in total. The summed E-state index contributed by atoms with van der Waals surface area (Å²) in [6, 6.07) is 5.90. The molecule has 0 spiro atoms. The zero-order valence-electron chi connectivity index (χ0n) is 11.4. The van der Waals surface area contributed by atoms with Crippen LogP contribution in [0.15, 0.2) is 41.0 Å². The van der Waals surface area contributed by atoms with Crippen molar-refractivity contribution >= 4 is 17.4 Å². The molecule has 0 amide bonds. The van der Waals surface area contributed by atoms with Gasteiger partial charge in [-0.05, 0) is 12.0 Å². The minimum absolute atomic E-state index is 0.0267. The van der Waals surface area contributed by atoms with Crippen molar-refractivity contribution in [2.24, 2.45) is 4.99 Å². The molecule has 1 aromatic rings. The van der Waals surface area contributed by atoms with Gasteiger partial charge < -0.3 is 9.84 Å². The number of methoxy groups -OCH3 is 1. The third kappa shape index (κ3) is 3.32. The van der Waals surface area contributed by atoms with E-state index in [4.69, 9.17) is 4.74 Å². The van der Waals surface area contributed by atoms with Crippen LogP contribution in [-0.2, 0) is 9.53 Å². The monoisotopic (exact) mass is 290 g/mol. The summed E-state index contributed by atoms with van der Waals surface area (Å²) in [5.74, 6) is -1.43. The predicted octanol–water partition coefficient (Wildman–Crippen LogP) is 2.14. The minimum atomic E-state index is -1.04. The van der Waals surface area contributed by atoms with Gasteiger partial charge in [0.1, 0.15) is 0 Å². The van der Waals surface area contributed by atoms with Crippen LogP contribution in [0, 0.1) is 10.1 Å². The highest BCUT2D eigenvalue weighted by Gasteiger charge is 2.27. The van der Waals surface area contributed by atoms with Gasteiger partial charge in [-0.25, -0.2) is 4.79 Å². The number of rotatable bonds is 5. The van der Waals surface area contributed by atoms with Crippen LogP contribution in [-0.4, -0.2) is 35.4 Å². The van der Waals surface area contributed by atoms with Crippen LogP contribution in [0.3, 0.4) is 0 Å². The lowest BCUT2D eigenvalue weighted by molar-refractivity contribution is -0.384. The van der Waals surface area contributed by atoms with Gasteiger partial charge in [-0.3, -0.25) is 15.1 Å². The average molecular weight is 290 g/mol. The topological polar surface area (TPSA) is 102 Å². The molecule has 7 nitrogen and oxygen atoms in total. The number of nitrogens with zero attached hydrogens (tertiary/aromatic N) is 2. The van der Waals surface area contributed by atoms with E-state index < -0.39 is 10.9 Å². The van der Waals surface area contributed by atoms with E-state index in [0.717, 1.165) is 5.71 Å². The lowest BCUT2D eigenvalue weighted by Crippen LogP contribution is -2.21. The number of benzene rings is 1. The highest BCUT2D eigenvalue weighted by atomic mass is 16.6. The molecule has 0 fully saturated rings. The summed E-state index contributed by atoms with van der Waals surface area (Å²) in [6.07, 6.45) is 1.75. The maximum Gasteiger partial charge on any atom is 0.333 e. The first-order valence-corrected chi connectivity index (χ1v) is 6.25. The molecule has 0 saturated heterocycles. The summed E-state index contributed by atoms with van der Waals surface area (Å²) in [5.41, 5.74) is 1.59. The molecular formula is C14H14N2O5. The summed E-state index contributed by atoms with van der Waals surface area (Å²) < 4.78 is 5.02. The van der Waals surface area contributed by atoms with Crippen molar-refractivity contribution < 1.29 is 19.6 Å². The highest BCUT2D eigenvalue weighted by molar-refractivity contribution is 5.95. The van der Waals surface area contributed by atoms with Crippen molar-refractivity contribution in [2.75, 3.05) is 13.7 Å². The van der Waals surface area contributed by atoms with Crippen LogP contribution in [0.2, 0.25) is 0 Å². The van der Waals surface area contributed by atoms with Gasteiger partial charge in [0.2, 0.25) is 0 Å². The molecule has 0 aliphatic carbocycles. The lowest BCUT2D eigenvalue weighted by atomic mass is 9.85. The van der Waals surface area contributed by atoms with Gasteiger partial charge in [0.05, 0.1) is 17.1 Å². The van der Waals surface area contributed by atoms with E-state index in [1.165, 1.54) is 18.3 Å². The Labute approximate surface area is 120 Å². The van der Waals surface area contributed by atoms with E-state index in [-0.39, 0.29) is 17.2 Å². The molecule has 0 radical (unpaired) electrons. The van der Waals surface area contributed by atoms with E-state index in [1.54, 1.807) is 19.2 Å². The lowest BCUT2D eigenvalue weighted by Gasteiger charge is -2.22. The fourth-order valence-electron chi connectivity index (χ4n) is 2.24. The van der Waals surface area contributed by atoms with Crippen molar-refractivity contribution in [2.45, 2.75) is 12.3 Å². The molecule has 0 bridgehead atoms. The molecule has 1 atom stereocenters. The van der Waals surface area contributed by atoms with Gasteiger partial charge in [-0.15, -0.1) is 0 Å². The molecule has 2 rings (SSSR count). The smallest absolute Gasteiger partial charge is 0.333 e. The SMILES string of the molecule is COCC1=NC=C(C(=O)O)C(c2ccc([N+](=O)[O-])cc2)C1. The fraction of sp³-hybridized carbons (Fsp3) is 0.286. The summed E-state index contributed by atoms with van der Waals surface area (Å²) in [6.45, 7) is 0.326. The molecule has 1 aromatic carbocycles. The molecule has 0 aromatic heterocycles. The van der Waals surface area contributed by atoms with E-state index in [0.29, 0.717) is 18.6 Å². The zero-order chi connectivity index (χ0) is 15.4. The molecule has 21 heavy (non-hydrogen) atoms. The standard InChI is InChI=1S/C14H14N2O5/c1-21-8-10-6-12(13(7-15-10)14(17)18)9-2-4-11(5-3-9)16(19)20/h2-5,7,12H,6,8H2,1H3,(H,17,18). The molecule has 1 unspecified atom stereocenters. The van der Waals surface area contributed by atoms with Gasteiger partial charge >= 0.3 is 5.97 Å². The molecule has 0 saturated carbocycles. The van der Waals surface area contributed by atoms with Gasteiger partial charge in [-0.1, -0.05) is 12.1 Å². The number of carbonyl (C=O) groups is 1. The number of hydrogen-bond acceptors (Lipinski definition) is 5. The van der Waals surface area contributed by atoms with Gasteiger partial charge in [0.15, 0.2) is 0 Å². The predicted molar refractivity (Wildman–Crippen MR) is 75.5 cm³/mol. The second-order valence-corrected chi connectivity index (χ2v) is 4.62. The van der Waals surface area contributed by atoms with Crippen LogP contribution in [0.4, 0.5) is 5.69 Å². The van der Waals surface area contributed by atoms with E-state index in [2.05, 4.69) is 4.99 Å². The quantitative estimate of drug-likeness (QED) is 0.661. The van der Waals surface area contributed by atoms with Gasteiger partial charge in [-0.2, -0.15) is 0 Å². The van der Waals surface area contributed by atoms with Crippen LogP contribution >= 0.6 is 0 Å². The third-order valence-corrected chi connectivity index (χ3v) is 3.27. The second kappa shape index (κ2) is 6.27. The first kappa shape index (κ1) is 14.9. The molecule has 110 valence electrons. The van der Waals surface area contributed by atoms with Crippen molar-refractivity contribution in [3.63, 3.8) is 0 Å². The summed E-state index contributed by atoms with van der Waals surface area (Å²) in [5, 5.41) is 19.9. The zero-order valence-corrected chi connectivity index (χ0v) is 11.4. The largest absolute Gasteiger partial charge is 0.478 e. The Morgan fingerprint density at radius 3 is 2.67 bits per heavy atom. The van der Waals surface area contributed by atoms with E-state index in [1.807, 2.05) is 0 Å². The molecule has 1 heterocycles. The molecule has 1 aliphatic rings. The van der Waals surface area contributed by atoms with Crippen LogP contribution in [0.25, 0.3) is 0 Å². The Morgan fingerprint density at radius 2 is 2.14 bits per heavy atom. The molecular weight excluding hydrogens is 276 g/mol. The minimum Gasteiger partial charge on any atom is -0.478 e. The Balaban J connectivity index is 2.32. The van der Waals surface area contributed by atoms with Crippen molar-refractivity contribution in [3.05, 3.63) is 51.7 Å². The van der Waals surface area contributed by atoms with Crippen LogP contribution < -0.4 is 0 Å². The van der Waals surface area contributed by atoms with Gasteiger partial charge in [0.25, 0.3) is 5.69 Å². The van der Waals surface area contributed by atoms with E-state index in [9.17, 15) is 20.0 Å². The number of carboxylic acid groups (broad SMARTS) is 1. The fourth-order valence-corrected chi connectivity index (χ4v) is 2.24. The number of aliphatic imine (C=N–C) groups is 1. The number of nitro groups is 1. The van der Waals surface area contributed by atoms with Crippen LogP contribution in [0.5, 0.6) is 0 Å². The first-order chi connectivity index (χ1) is 10.0. The summed E-state index contributed by atoms with van der Waals surface area (Å²) in [7, 11) is 1.54. The van der Waals surface area contributed by atoms with E-state index >= 15 is 0 Å². The maximum atomic E-state index is 11.3. The number of non-ortho nitro benzene ring substituents is 1. The number of nitro benzene ring substituents is 1. The van der Waals surface area contributed by atoms with Crippen molar-refractivity contribution in [1.29, 1.82) is 0 Å². The maximum absolute atomic E-state index is 11.3. The van der Waals surface area contributed by atoms with Crippen LogP contribution in [0.1, 0.15) is 17.9 Å². The van der Waals surface area contributed by atoms with Crippen molar-refractivity contribution in [3.8, 4) is 0 Å². The molecule has 1 aliphatic heterocycles. The Morgan fingerprint density at radius 1 is 1.48 bits per heavy atom. The third-order valence-electron chi connectivity index (χ3n) is 3.27. The number of hydrogen-bond donors (Lipinski definition) is 1. The number of carboxylic acids is 1. The molecule has 7 heteroatoms. The Bertz CT molecular complexity index is 619. The normalized spacial score (nSPS) is 17.9. The summed E-state index contributed by atoms with van der Waals surface area (Å²) in [4.78, 5) is 25.6. The second-order valence-electron chi connectivity index (χ2n) is 4.62. The number of aliphatic carboxylic acids is 1. The van der Waals surface area contributed by atoms with Gasteiger partial charge in [0, 0.05) is 37.1 Å².